The molecule has 0 aliphatic heterocycles. The highest BCUT2D eigenvalue weighted by Crippen LogP contribution is 2.54. The fourth-order valence-electron chi connectivity index (χ4n) is 20.9. The molecule has 0 N–H and O–H groups in total. The number of nitrogens with zero attached hydrogens (tertiary/aromatic N) is 4. The molecule has 2 aromatic heterocycles. The Morgan fingerprint density at radius 3 is 0.976 bits per heavy atom. The number of hydrogen-bond donors (Lipinski definition) is 0. The van der Waals surface area contributed by atoms with Crippen molar-refractivity contribution in [2.45, 2.75) is 19.3 Å². The number of benzene rings is 23. The second-order valence-corrected chi connectivity index (χ2v) is 34.1. The van der Waals surface area contributed by atoms with E-state index in [1.807, 2.05) is 18.2 Å². The Hall–Kier alpha value is -16.5. The summed E-state index contributed by atoms with van der Waals surface area (Å²) in [5.41, 5.74) is 21.9. The van der Waals surface area contributed by atoms with E-state index < -0.39 is 0 Å². The summed E-state index contributed by atoms with van der Waals surface area (Å²) in [7, 11) is 0. The lowest BCUT2D eigenvalue weighted by molar-refractivity contribution is 0.660. The summed E-state index contributed by atoms with van der Waals surface area (Å²) in [4.78, 5) is 9.46. The first-order valence-corrected chi connectivity index (χ1v) is 43.8. The molecule has 0 saturated carbocycles. The van der Waals surface area contributed by atoms with Gasteiger partial charge in [0.25, 0.3) is 0 Å². The molecular weight excluding hydrogens is 1540 g/mol. The Bertz CT molecular complexity index is 8740. The molecule has 0 atom stereocenters. The topological polar surface area (TPSA) is 39.2 Å². The van der Waals surface area contributed by atoms with E-state index in [0.717, 1.165) is 112 Å². The van der Waals surface area contributed by atoms with Gasteiger partial charge in [0.2, 0.25) is 0 Å². The summed E-state index contributed by atoms with van der Waals surface area (Å²) in [6.07, 6.45) is 0. The van der Waals surface area contributed by atoms with Gasteiger partial charge in [0.1, 0.15) is 11.2 Å². The third-order valence-electron chi connectivity index (χ3n) is 26.7. The van der Waals surface area contributed by atoms with Crippen LogP contribution in [-0.2, 0) is 5.41 Å². The van der Waals surface area contributed by atoms with Crippen LogP contribution in [0.1, 0.15) is 25.0 Å². The highest BCUT2D eigenvalue weighted by atomic mass is 16.3. The second kappa shape index (κ2) is 29.3. The zero-order chi connectivity index (χ0) is 84.0. The molecule has 0 fully saturated rings. The van der Waals surface area contributed by atoms with Crippen LogP contribution in [0, 0.1) is 0 Å². The maximum atomic E-state index is 6.61. The third kappa shape index (κ3) is 11.9. The van der Waals surface area contributed by atoms with Crippen LogP contribution in [-0.4, -0.2) is 0 Å². The number of furan rings is 2. The van der Waals surface area contributed by atoms with Crippen molar-refractivity contribution in [1.29, 1.82) is 0 Å². The van der Waals surface area contributed by atoms with Crippen LogP contribution < -0.4 is 19.6 Å². The van der Waals surface area contributed by atoms with Gasteiger partial charge in [-0.1, -0.05) is 317 Å². The number of hydrogen-bond acceptors (Lipinski definition) is 6. The van der Waals surface area contributed by atoms with E-state index >= 15 is 0 Å². The SMILES string of the molecule is CC1(C)c2ccccc2-c2ccc(N(c3ccccc3)c3ccc4c(c3)c3ccccc3c3c5ccc(N(c6ccccc6)c6cccc7c6oc6ccccc67)cc5ccc43)cc21.c1ccc(N(c2ccc3c(ccc4ccccc43)c2)c2ccc3c(c2)c2ccccc2c2c4ccc(N(c5ccccc5)c5cccc6c5oc5ccccc56)cc4ccc32)cc1. The van der Waals surface area contributed by atoms with E-state index in [1.165, 1.54) is 130 Å². The normalized spacial score (nSPS) is 12.4. The molecule has 26 rings (SSSR count). The zero-order valence-electron chi connectivity index (χ0n) is 69.8. The summed E-state index contributed by atoms with van der Waals surface area (Å²) < 4.78 is 13.2. The fourth-order valence-corrected chi connectivity index (χ4v) is 20.9. The molecule has 2 heterocycles. The minimum Gasteiger partial charge on any atom is -0.454 e. The summed E-state index contributed by atoms with van der Waals surface area (Å²) in [6, 6.07) is 163. The van der Waals surface area contributed by atoms with Crippen molar-refractivity contribution < 1.29 is 8.83 Å². The van der Waals surface area contributed by atoms with Gasteiger partial charge in [-0.25, -0.2) is 0 Å². The van der Waals surface area contributed by atoms with Crippen molar-refractivity contribution in [3.8, 4) is 11.1 Å². The van der Waals surface area contributed by atoms with E-state index in [4.69, 9.17) is 8.83 Å². The van der Waals surface area contributed by atoms with Gasteiger partial charge < -0.3 is 28.4 Å². The van der Waals surface area contributed by atoms with Gasteiger partial charge in [-0.05, 0) is 276 Å². The quantitative estimate of drug-likeness (QED) is 0.114. The van der Waals surface area contributed by atoms with Crippen LogP contribution >= 0.6 is 0 Å². The van der Waals surface area contributed by atoms with Crippen LogP contribution in [0.2, 0.25) is 0 Å². The molecule has 0 saturated heterocycles. The molecule has 127 heavy (non-hydrogen) atoms. The number of fused-ring (bicyclic) bond motifs is 28. The van der Waals surface area contributed by atoms with Gasteiger partial charge in [-0.2, -0.15) is 0 Å². The first kappa shape index (κ1) is 73.2. The Morgan fingerprint density at radius 2 is 0.480 bits per heavy atom. The van der Waals surface area contributed by atoms with E-state index in [2.05, 4.69) is 464 Å². The van der Waals surface area contributed by atoms with Crippen molar-refractivity contribution in [1.82, 2.24) is 0 Å². The van der Waals surface area contributed by atoms with Crippen LogP contribution in [0.3, 0.4) is 0 Å². The monoisotopic (exact) mass is 1620 g/mol. The average Bonchev–Trinajstić information content (AvgIpc) is 1.72. The summed E-state index contributed by atoms with van der Waals surface area (Å²) in [5.74, 6) is 0. The molecule has 0 amide bonds. The lowest BCUT2D eigenvalue weighted by Crippen LogP contribution is -2.16. The van der Waals surface area contributed by atoms with Gasteiger partial charge in [0.05, 0.1) is 11.4 Å². The summed E-state index contributed by atoms with van der Waals surface area (Å²) in [5, 5.41) is 29.2. The maximum absolute atomic E-state index is 6.61. The minimum atomic E-state index is -0.102. The molecule has 1 aliphatic carbocycles. The molecule has 1 aliphatic rings. The summed E-state index contributed by atoms with van der Waals surface area (Å²) in [6.45, 7) is 4.71. The molecule has 0 spiro atoms. The van der Waals surface area contributed by atoms with Crippen LogP contribution in [0.25, 0.3) is 163 Å². The van der Waals surface area contributed by atoms with Crippen molar-refractivity contribution in [3.63, 3.8) is 0 Å². The average molecular weight is 1620 g/mol. The molecule has 6 heteroatoms. The molecule has 0 bridgehead atoms. The first-order chi connectivity index (χ1) is 62.8. The number of anilines is 12. The summed E-state index contributed by atoms with van der Waals surface area (Å²) >= 11 is 0. The van der Waals surface area contributed by atoms with Gasteiger partial charge in [0.15, 0.2) is 11.2 Å². The minimum absolute atomic E-state index is 0.102. The molecule has 0 radical (unpaired) electrons. The Morgan fingerprint density at radius 1 is 0.173 bits per heavy atom. The molecule has 23 aromatic carbocycles. The van der Waals surface area contributed by atoms with Gasteiger partial charge >= 0.3 is 0 Å². The predicted molar refractivity (Wildman–Crippen MR) is 539 cm³/mol. The Balaban J connectivity index is 0.000000138. The molecule has 596 valence electrons. The smallest absolute Gasteiger partial charge is 0.159 e. The highest BCUT2D eigenvalue weighted by molar-refractivity contribution is 6.34. The molecule has 6 nitrogen and oxygen atoms in total. The van der Waals surface area contributed by atoms with Crippen LogP contribution in [0.5, 0.6) is 0 Å². The van der Waals surface area contributed by atoms with E-state index in [0.29, 0.717) is 0 Å². The van der Waals surface area contributed by atoms with Crippen LogP contribution in [0.15, 0.2) is 458 Å². The maximum Gasteiger partial charge on any atom is 0.159 e. The van der Waals surface area contributed by atoms with Gasteiger partial charge in [0, 0.05) is 83.8 Å². The molecular formula is C121H80N4O2. The van der Waals surface area contributed by atoms with E-state index in [1.54, 1.807) is 0 Å². The number of rotatable bonds is 12. The predicted octanol–water partition coefficient (Wildman–Crippen LogP) is 34.9. The van der Waals surface area contributed by atoms with Gasteiger partial charge in [-0.3, -0.25) is 0 Å². The Kier molecular flexibility index (Phi) is 16.9. The van der Waals surface area contributed by atoms with Crippen molar-refractivity contribution >= 4 is 220 Å². The van der Waals surface area contributed by atoms with Gasteiger partial charge in [-0.15, -0.1) is 0 Å². The second-order valence-electron chi connectivity index (χ2n) is 34.1. The lowest BCUT2D eigenvalue weighted by Gasteiger charge is -2.28. The molecule has 25 aromatic rings. The Labute approximate surface area is 733 Å². The highest BCUT2D eigenvalue weighted by Gasteiger charge is 2.36. The molecule has 0 unspecified atom stereocenters. The fraction of sp³-hybridized carbons (Fsp3) is 0.0248. The zero-order valence-corrected chi connectivity index (χ0v) is 69.8. The van der Waals surface area contributed by atoms with Crippen molar-refractivity contribution in [2.75, 3.05) is 19.6 Å². The number of para-hydroxylation sites is 8. The third-order valence-corrected chi connectivity index (χ3v) is 26.7. The first-order valence-electron chi connectivity index (χ1n) is 43.8. The van der Waals surface area contributed by atoms with E-state index in [9.17, 15) is 0 Å². The standard InChI is InChI=1S/C61H42N2O.C60H38N2O/c1-61(2)55-25-13-11-21-48(55)49-35-31-44(38-56(49)61)62(40-16-5-3-6-17-40)43-30-34-47-52-32-28-39-36-42(29-33-45(39)59(52)51-23-10-9-20-46(51)54(47)37-43)63(41-18-7-4-8-19-41)57-26-15-24-53-50-22-12-14-27-58(50)64-60(53)57;1-3-15-42(16-4-1)61(44-29-33-48-40(36-44)27-26-39-14-7-8-19-47(39)48)46-31-35-51-54-32-28-41-37-45(30-34-49(41)59(54)53-22-10-9-20-50(53)56(51)38-46)62(43-17-5-2-6-18-43)57-24-13-23-55-52-21-11-12-25-58(52)63-60(55)57/h3-38H,1-2H3;1-38H. The largest absolute Gasteiger partial charge is 0.454 e. The lowest BCUT2D eigenvalue weighted by atomic mass is 9.82. The van der Waals surface area contributed by atoms with Crippen molar-refractivity contribution in [2.24, 2.45) is 0 Å². The van der Waals surface area contributed by atoms with Crippen molar-refractivity contribution in [3.05, 3.63) is 460 Å². The van der Waals surface area contributed by atoms with E-state index in [-0.39, 0.29) is 5.41 Å². The van der Waals surface area contributed by atoms with Crippen LogP contribution in [0.4, 0.5) is 68.2 Å².